The third-order valence-corrected chi connectivity index (χ3v) is 5.27. The Morgan fingerprint density at radius 1 is 1.32 bits per heavy atom. The van der Waals surface area contributed by atoms with Crippen LogP contribution in [0, 0.1) is 0 Å². The van der Waals surface area contributed by atoms with Crippen molar-refractivity contribution in [2.45, 2.75) is 25.2 Å². The van der Waals surface area contributed by atoms with Crippen LogP contribution < -0.4 is 4.74 Å². The summed E-state index contributed by atoms with van der Waals surface area (Å²) in [6, 6.07) is 5.33. The third-order valence-electron chi connectivity index (χ3n) is 5.27. The van der Waals surface area contributed by atoms with Gasteiger partial charge in [-0.25, -0.2) is 4.79 Å². The molecule has 2 N–H and O–H groups in total. The van der Waals surface area contributed by atoms with Gasteiger partial charge in [-0.2, -0.15) is 0 Å². The fourth-order valence-electron chi connectivity index (χ4n) is 3.86. The molecule has 0 aliphatic carbocycles. The Morgan fingerprint density at radius 3 is 2.79 bits per heavy atom. The summed E-state index contributed by atoms with van der Waals surface area (Å²) < 4.78 is 10.8. The van der Waals surface area contributed by atoms with Gasteiger partial charge >= 0.3 is 12.1 Å². The molecule has 1 atom stereocenters. The van der Waals surface area contributed by atoms with Gasteiger partial charge in [0.05, 0.1) is 13.2 Å². The molecule has 1 amide bonds. The van der Waals surface area contributed by atoms with Crippen LogP contribution in [0.3, 0.4) is 0 Å². The van der Waals surface area contributed by atoms with Crippen molar-refractivity contribution in [3.63, 3.8) is 0 Å². The lowest BCUT2D eigenvalue weighted by atomic mass is 9.81. The Hall–Kier alpha value is -2.87. The zero-order valence-electron chi connectivity index (χ0n) is 15.9. The summed E-state index contributed by atoms with van der Waals surface area (Å²) in [7, 11) is 0. The number of carbonyl (C=O) groups excluding carboxylic acids is 1. The fraction of sp³-hybridized carbons (Fsp3) is 0.450. The first-order valence-electron chi connectivity index (χ1n) is 9.30. The molecule has 2 aliphatic heterocycles. The van der Waals surface area contributed by atoms with Gasteiger partial charge in [0.1, 0.15) is 11.7 Å². The highest BCUT2D eigenvalue weighted by Gasteiger charge is 2.35. The number of aliphatic carboxylic acids is 1. The molecule has 8 nitrogen and oxygen atoms in total. The number of carboxylic acid groups (broad SMARTS) is 1. The molecular formula is C20H23N3O5. The number of fused-ring (bicyclic) bond motifs is 3. The number of ether oxygens (including phenoxy) is 2. The highest BCUT2D eigenvalue weighted by atomic mass is 16.6. The normalized spacial score (nSPS) is 21.2. The topological polar surface area (TPSA) is 104 Å². The number of aromatic amines is 1. The predicted molar refractivity (Wildman–Crippen MR) is 103 cm³/mol. The van der Waals surface area contributed by atoms with Crippen molar-refractivity contribution in [2.24, 2.45) is 4.99 Å². The molecule has 1 aromatic carbocycles. The van der Waals surface area contributed by atoms with E-state index in [-0.39, 0.29) is 5.41 Å². The van der Waals surface area contributed by atoms with Crippen molar-refractivity contribution in [2.75, 3.05) is 32.8 Å². The van der Waals surface area contributed by atoms with Crippen LogP contribution in [0.15, 0.2) is 23.2 Å². The van der Waals surface area contributed by atoms with E-state index in [4.69, 9.17) is 9.47 Å². The van der Waals surface area contributed by atoms with E-state index in [2.05, 4.69) is 9.98 Å². The molecule has 148 valence electrons. The summed E-state index contributed by atoms with van der Waals surface area (Å²) >= 11 is 0. The highest BCUT2D eigenvalue weighted by molar-refractivity contribution is 5.99. The van der Waals surface area contributed by atoms with Crippen molar-refractivity contribution < 1.29 is 24.2 Å². The maximum Gasteiger partial charge on any atom is 0.415 e. The van der Waals surface area contributed by atoms with E-state index in [1.165, 1.54) is 6.21 Å². The summed E-state index contributed by atoms with van der Waals surface area (Å²) in [5, 5.41) is 10.5. The van der Waals surface area contributed by atoms with Crippen molar-refractivity contribution in [1.29, 1.82) is 0 Å². The number of morpholine rings is 1. The van der Waals surface area contributed by atoms with Crippen LogP contribution in [-0.4, -0.2) is 66.1 Å². The summed E-state index contributed by atoms with van der Waals surface area (Å²) in [6.45, 7) is 6.57. The number of carbonyl (C=O) groups is 2. The average molecular weight is 385 g/mol. The second-order valence-corrected chi connectivity index (χ2v) is 7.78. The summed E-state index contributed by atoms with van der Waals surface area (Å²) in [4.78, 5) is 33.3. The van der Waals surface area contributed by atoms with Crippen molar-refractivity contribution >= 4 is 29.2 Å². The zero-order valence-corrected chi connectivity index (χ0v) is 15.9. The Balaban J connectivity index is 1.73. The predicted octanol–water partition coefficient (Wildman–Crippen LogP) is 2.53. The second-order valence-electron chi connectivity index (χ2n) is 7.78. The largest absolute Gasteiger partial charge is 0.480 e. The molecule has 2 aliphatic rings. The minimum absolute atomic E-state index is 0.360. The number of H-pyrrole nitrogens is 1. The standard InChI is InChI=1S/C20H23N3O5/c1-20(2)11-21-10-14(18(24)25)17-16(20)13-9-12(3-4-15(13)22-17)28-19(26)23-5-7-27-8-6-23/h3-4,9-10,14,22H,5-8,11H2,1-2H3,(H,24,25). The monoisotopic (exact) mass is 385 g/mol. The smallest absolute Gasteiger partial charge is 0.415 e. The van der Waals surface area contributed by atoms with E-state index in [9.17, 15) is 14.7 Å². The molecule has 28 heavy (non-hydrogen) atoms. The van der Waals surface area contributed by atoms with E-state index in [0.717, 1.165) is 16.5 Å². The molecule has 0 radical (unpaired) electrons. The molecule has 1 fully saturated rings. The van der Waals surface area contributed by atoms with Crippen molar-refractivity contribution in [3.8, 4) is 5.75 Å². The number of amides is 1. The van der Waals surface area contributed by atoms with Gasteiger partial charge in [-0.05, 0) is 23.8 Å². The number of hydrogen-bond acceptors (Lipinski definition) is 5. The van der Waals surface area contributed by atoms with Gasteiger partial charge in [0, 0.05) is 47.9 Å². The van der Waals surface area contributed by atoms with E-state index in [0.29, 0.717) is 44.3 Å². The molecule has 1 aromatic heterocycles. The Kier molecular flexibility index (Phi) is 4.58. The Morgan fingerprint density at radius 2 is 2.07 bits per heavy atom. The number of hydrogen-bond donors (Lipinski definition) is 2. The number of rotatable bonds is 2. The quantitative estimate of drug-likeness (QED) is 0.827. The van der Waals surface area contributed by atoms with Crippen LogP contribution in [0.1, 0.15) is 31.0 Å². The van der Waals surface area contributed by atoms with Crippen LogP contribution in [0.4, 0.5) is 4.79 Å². The molecular weight excluding hydrogens is 362 g/mol. The Bertz CT molecular complexity index is 956. The van der Waals surface area contributed by atoms with Gasteiger partial charge in [0.2, 0.25) is 0 Å². The molecule has 4 rings (SSSR count). The fourth-order valence-corrected chi connectivity index (χ4v) is 3.86. The molecule has 0 bridgehead atoms. The van der Waals surface area contributed by atoms with Crippen LogP contribution in [0.2, 0.25) is 0 Å². The summed E-state index contributed by atoms with van der Waals surface area (Å²) in [5.41, 5.74) is 1.98. The molecule has 0 spiro atoms. The second kappa shape index (κ2) is 6.94. The van der Waals surface area contributed by atoms with E-state index in [1.54, 1.807) is 17.0 Å². The van der Waals surface area contributed by atoms with Crippen molar-refractivity contribution in [1.82, 2.24) is 9.88 Å². The number of benzene rings is 1. The van der Waals surface area contributed by atoms with Crippen LogP contribution in [0.25, 0.3) is 10.9 Å². The van der Waals surface area contributed by atoms with Crippen LogP contribution >= 0.6 is 0 Å². The molecule has 1 saturated heterocycles. The van der Waals surface area contributed by atoms with Gasteiger partial charge in [-0.3, -0.25) is 9.79 Å². The van der Waals surface area contributed by atoms with Gasteiger partial charge < -0.3 is 24.5 Å². The lowest BCUT2D eigenvalue weighted by Crippen LogP contribution is -2.42. The zero-order chi connectivity index (χ0) is 19.9. The van der Waals surface area contributed by atoms with E-state index < -0.39 is 18.0 Å². The first kappa shape index (κ1) is 18.5. The first-order valence-corrected chi connectivity index (χ1v) is 9.30. The minimum Gasteiger partial charge on any atom is -0.480 e. The molecule has 1 unspecified atom stereocenters. The SMILES string of the molecule is CC1(C)CN=CC(C(=O)O)c2[nH]c3ccc(OC(=O)N4CCOCC4)cc3c21. The first-order chi connectivity index (χ1) is 13.4. The van der Waals surface area contributed by atoms with Gasteiger partial charge in [0.25, 0.3) is 0 Å². The number of carboxylic acids is 1. The maximum absolute atomic E-state index is 12.4. The minimum atomic E-state index is -0.951. The van der Waals surface area contributed by atoms with Gasteiger partial charge in [-0.1, -0.05) is 13.8 Å². The lowest BCUT2D eigenvalue weighted by Gasteiger charge is -2.26. The Labute approximate surface area is 162 Å². The van der Waals surface area contributed by atoms with E-state index >= 15 is 0 Å². The van der Waals surface area contributed by atoms with E-state index in [1.807, 2.05) is 19.9 Å². The lowest BCUT2D eigenvalue weighted by molar-refractivity contribution is -0.137. The summed E-state index contributed by atoms with van der Waals surface area (Å²) in [6.07, 6.45) is 1.08. The van der Waals surface area contributed by atoms with Crippen LogP contribution in [0.5, 0.6) is 5.75 Å². The van der Waals surface area contributed by atoms with Crippen molar-refractivity contribution in [3.05, 3.63) is 29.5 Å². The number of nitrogens with one attached hydrogen (secondary N) is 1. The number of nitrogens with zero attached hydrogens (tertiary/aromatic N) is 2. The molecule has 3 heterocycles. The van der Waals surface area contributed by atoms with Gasteiger partial charge in [-0.15, -0.1) is 0 Å². The average Bonchev–Trinajstić information content (AvgIpc) is 2.98. The number of aromatic nitrogens is 1. The van der Waals surface area contributed by atoms with Gasteiger partial charge in [0.15, 0.2) is 0 Å². The van der Waals surface area contributed by atoms with Crippen LogP contribution in [-0.2, 0) is 14.9 Å². The summed E-state index contributed by atoms with van der Waals surface area (Å²) in [5.74, 6) is -1.35. The highest BCUT2D eigenvalue weighted by Crippen LogP contribution is 2.40. The molecule has 0 saturated carbocycles. The molecule has 2 aromatic rings. The number of aliphatic imine (C=N–C) groups is 1. The molecule has 8 heteroatoms. The third kappa shape index (κ3) is 3.24. The maximum atomic E-state index is 12.4.